The molecule has 1 aromatic carbocycles. The zero-order chi connectivity index (χ0) is 23.2. The fraction of sp³-hybridized carbons (Fsp3) is 0.480. The Hall–Kier alpha value is -2.89. The van der Waals surface area contributed by atoms with Gasteiger partial charge >= 0.3 is 5.97 Å². The second-order valence-corrected chi connectivity index (χ2v) is 8.67. The number of aryl methyl sites for hydroxylation is 2. The molecular weight excluding hydrogens is 390 g/mol. The highest BCUT2D eigenvalue weighted by Crippen LogP contribution is 2.31. The van der Waals surface area contributed by atoms with E-state index >= 15 is 0 Å². The summed E-state index contributed by atoms with van der Waals surface area (Å²) in [4.78, 5) is 16.1. The van der Waals surface area contributed by atoms with Gasteiger partial charge in [0, 0.05) is 37.9 Å². The summed E-state index contributed by atoms with van der Waals surface area (Å²) in [6, 6.07) is 8.39. The molecule has 0 bridgehead atoms. The van der Waals surface area contributed by atoms with E-state index < -0.39 is 0 Å². The van der Waals surface area contributed by atoms with E-state index in [2.05, 4.69) is 55.1 Å². The normalized spacial score (nSPS) is 12.8. The summed E-state index contributed by atoms with van der Waals surface area (Å²) in [5.74, 6) is 0.305. The predicted molar refractivity (Wildman–Crippen MR) is 126 cm³/mol. The second-order valence-electron chi connectivity index (χ2n) is 8.67. The third-order valence-corrected chi connectivity index (χ3v) is 5.18. The van der Waals surface area contributed by atoms with E-state index in [-0.39, 0.29) is 18.2 Å². The van der Waals surface area contributed by atoms with Crippen LogP contribution >= 0.6 is 0 Å². The summed E-state index contributed by atoms with van der Waals surface area (Å²) in [6.45, 7) is 12.3. The van der Waals surface area contributed by atoms with Crippen molar-refractivity contribution in [2.24, 2.45) is 12.0 Å². The predicted octanol–water partition coefficient (Wildman–Crippen LogP) is 5.22. The number of ether oxygens (including phenoxy) is 2. The highest BCUT2D eigenvalue weighted by molar-refractivity contribution is 6.18. The quantitative estimate of drug-likeness (QED) is 0.252. The number of aliphatic imine (C=N–C) groups is 1. The molecule has 0 unspecified atom stereocenters. The van der Waals surface area contributed by atoms with Gasteiger partial charge in [0.15, 0.2) is 5.76 Å². The third-order valence-electron chi connectivity index (χ3n) is 5.18. The largest absolute Gasteiger partial charge is 0.454 e. The Balaban J connectivity index is 2.58. The molecule has 0 radical (unpaired) electrons. The van der Waals surface area contributed by atoms with Crippen LogP contribution in [0, 0.1) is 13.8 Å². The number of allylic oxidation sites excluding steroid dienone is 1. The standard InChI is InChI=1S/C25H35N3O3/c1-9-10-22(29)30-16-31-24(23-17(2)18(3)27-28(23)8)21(15-26-7)19-11-13-20(14-12-19)25(4,5)6/h11-15H,9-10,16H2,1-8H3/b24-21-,26-15-. The zero-order valence-corrected chi connectivity index (χ0v) is 20.1. The SMILES string of the molecule is CCCC(=O)OCO/C(=C(/C=N\C)c1ccc(C(C)(C)C)cc1)c1c(C)c(C)nn1C. The molecule has 0 saturated carbocycles. The Bertz CT molecular complexity index is 961. The first-order valence-electron chi connectivity index (χ1n) is 10.7. The first-order chi connectivity index (χ1) is 14.6. The number of esters is 1. The minimum absolute atomic E-state index is 0.0593. The summed E-state index contributed by atoms with van der Waals surface area (Å²) in [5.41, 5.74) is 5.82. The molecule has 0 spiro atoms. The van der Waals surface area contributed by atoms with E-state index in [1.54, 1.807) is 17.9 Å². The molecule has 1 aromatic heterocycles. The van der Waals surface area contributed by atoms with Gasteiger partial charge < -0.3 is 9.47 Å². The topological polar surface area (TPSA) is 65.7 Å². The van der Waals surface area contributed by atoms with Crippen molar-refractivity contribution in [3.8, 4) is 0 Å². The van der Waals surface area contributed by atoms with Crippen molar-refractivity contribution in [3.63, 3.8) is 0 Å². The van der Waals surface area contributed by atoms with Gasteiger partial charge in [0.2, 0.25) is 6.79 Å². The van der Waals surface area contributed by atoms with Crippen molar-refractivity contribution in [1.29, 1.82) is 0 Å². The van der Waals surface area contributed by atoms with Gasteiger partial charge in [0.05, 0.1) is 5.69 Å². The van der Waals surface area contributed by atoms with Crippen LogP contribution < -0.4 is 0 Å². The Morgan fingerprint density at radius 1 is 1.16 bits per heavy atom. The number of rotatable bonds is 8. The summed E-state index contributed by atoms with van der Waals surface area (Å²) in [6.07, 6.45) is 2.87. The van der Waals surface area contributed by atoms with E-state index in [1.807, 2.05) is 27.8 Å². The fourth-order valence-electron chi connectivity index (χ4n) is 3.33. The van der Waals surface area contributed by atoms with Gasteiger partial charge in [-0.15, -0.1) is 0 Å². The molecule has 6 heteroatoms. The molecule has 0 N–H and O–H groups in total. The molecule has 6 nitrogen and oxygen atoms in total. The van der Waals surface area contributed by atoms with Crippen LogP contribution in [0.15, 0.2) is 29.3 Å². The summed E-state index contributed by atoms with van der Waals surface area (Å²) in [7, 11) is 3.61. The summed E-state index contributed by atoms with van der Waals surface area (Å²) < 4.78 is 13.1. The summed E-state index contributed by atoms with van der Waals surface area (Å²) in [5, 5.41) is 4.54. The number of benzene rings is 1. The molecule has 2 rings (SSSR count). The van der Waals surface area contributed by atoms with Crippen LogP contribution in [0.5, 0.6) is 0 Å². The van der Waals surface area contributed by atoms with Crippen molar-refractivity contribution in [2.75, 3.05) is 13.8 Å². The van der Waals surface area contributed by atoms with Gasteiger partial charge in [-0.2, -0.15) is 5.10 Å². The molecule has 31 heavy (non-hydrogen) atoms. The van der Waals surface area contributed by atoms with Crippen molar-refractivity contribution < 1.29 is 14.3 Å². The van der Waals surface area contributed by atoms with Gasteiger partial charge in [0.25, 0.3) is 0 Å². The Morgan fingerprint density at radius 3 is 2.29 bits per heavy atom. The van der Waals surface area contributed by atoms with Crippen molar-refractivity contribution in [2.45, 2.75) is 59.8 Å². The van der Waals surface area contributed by atoms with Crippen LogP contribution in [-0.2, 0) is 26.7 Å². The number of carbonyl (C=O) groups excluding carboxylic acids is 1. The molecule has 0 fully saturated rings. The maximum absolute atomic E-state index is 11.8. The maximum atomic E-state index is 11.8. The Labute approximate surface area is 186 Å². The van der Waals surface area contributed by atoms with Gasteiger partial charge in [-0.3, -0.25) is 14.5 Å². The first kappa shape index (κ1) is 24.4. The molecule has 0 saturated heterocycles. The van der Waals surface area contributed by atoms with E-state index in [0.717, 1.165) is 34.5 Å². The molecule has 168 valence electrons. The number of nitrogens with zero attached hydrogens (tertiary/aromatic N) is 3. The lowest BCUT2D eigenvalue weighted by molar-refractivity contribution is -0.151. The lowest BCUT2D eigenvalue weighted by Gasteiger charge is -2.20. The monoisotopic (exact) mass is 425 g/mol. The highest BCUT2D eigenvalue weighted by Gasteiger charge is 2.21. The average molecular weight is 426 g/mol. The zero-order valence-electron chi connectivity index (χ0n) is 20.1. The molecule has 0 aliphatic rings. The van der Waals surface area contributed by atoms with Gasteiger partial charge in [-0.05, 0) is 36.8 Å². The van der Waals surface area contributed by atoms with Gasteiger partial charge in [-0.1, -0.05) is 52.0 Å². The molecule has 1 heterocycles. The molecule has 0 aliphatic carbocycles. The molecule has 2 aromatic rings. The van der Waals surface area contributed by atoms with Crippen molar-refractivity contribution in [1.82, 2.24) is 9.78 Å². The smallest absolute Gasteiger partial charge is 0.308 e. The fourth-order valence-corrected chi connectivity index (χ4v) is 3.33. The summed E-state index contributed by atoms with van der Waals surface area (Å²) >= 11 is 0. The van der Waals surface area contributed by atoms with Gasteiger partial charge in [-0.25, -0.2) is 0 Å². The van der Waals surface area contributed by atoms with E-state index in [9.17, 15) is 4.79 Å². The lowest BCUT2D eigenvalue weighted by Crippen LogP contribution is -2.12. The molecule has 0 atom stereocenters. The average Bonchev–Trinajstić information content (AvgIpc) is 2.95. The second kappa shape index (κ2) is 10.4. The van der Waals surface area contributed by atoms with Crippen molar-refractivity contribution >= 4 is 23.5 Å². The number of carbonyl (C=O) groups is 1. The lowest BCUT2D eigenvalue weighted by atomic mass is 9.86. The Morgan fingerprint density at radius 2 is 1.81 bits per heavy atom. The van der Waals surface area contributed by atoms with E-state index in [4.69, 9.17) is 9.47 Å². The van der Waals surface area contributed by atoms with Crippen LogP contribution in [0.3, 0.4) is 0 Å². The Kier molecular flexibility index (Phi) is 8.20. The number of aromatic nitrogens is 2. The highest BCUT2D eigenvalue weighted by atomic mass is 16.7. The van der Waals surface area contributed by atoms with E-state index in [0.29, 0.717) is 12.2 Å². The molecule has 0 amide bonds. The maximum Gasteiger partial charge on any atom is 0.308 e. The van der Waals surface area contributed by atoms with Crippen LogP contribution in [0.1, 0.15) is 68.6 Å². The minimum atomic E-state index is -0.278. The molecular formula is C25H35N3O3. The van der Waals surface area contributed by atoms with Crippen molar-refractivity contribution in [3.05, 3.63) is 52.3 Å². The number of hydrogen-bond donors (Lipinski definition) is 0. The number of hydrogen-bond acceptors (Lipinski definition) is 5. The molecule has 0 aliphatic heterocycles. The van der Waals surface area contributed by atoms with Gasteiger partial charge in [0.1, 0.15) is 5.69 Å². The third kappa shape index (κ3) is 6.06. The van der Waals surface area contributed by atoms with Crippen LogP contribution in [0.4, 0.5) is 0 Å². The van der Waals surface area contributed by atoms with Crippen LogP contribution in [0.2, 0.25) is 0 Å². The first-order valence-corrected chi connectivity index (χ1v) is 10.7. The van der Waals surface area contributed by atoms with Crippen LogP contribution in [0.25, 0.3) is 11.3 Å². The van der Waals surface area contributed by atoms with Crippen LogP contribution in [-0.4, -0.2) is 35.8 Å². The van der Waals surface area contributed by atoms with E-state index in [1.165, 1.54) is 5.56 Å². The minimum Gasteiger partial charge on any atom is -0.454 e.